The first-order valence-corrected chi connectivity index (χ1v) is 7.65. The fraction of sp³-hybridized carbons (Fsp3) is 0.625. The van der Waals surface area contributed by atoms with Crippen LogP contribution in [0.15, 0.2) is 18.3 Å². The quantitative estimate of drug-likeness (QED) is 0.815. The normalized spacial score (nSPS) is 21.7. The Morgan fingerprint density at radius 1 is 1.29 bits per heavy atom. The van der Waals surface area contributed by atoms with Crippen molar-refractivity contribution >= 4 is 6.09 Å². The molecule has 0 unspecified atom stereocenters. The molecule has 2 atom stereocenters. The molecule has 0 bridgehead atoms. The molecule has 1 fully saturated rings. The van der Waals surface area contributed by atoms with Gasteiger partial charge in [-0.05, 0) is 39.8 Å². The Balaban J connectivity index is 1.96. The number of aromatic nitrogens is 1. The maximum Gasteiger partial charge on any atom is 0.433 e. The zero-order valence-electron chi connectivity index (χ0n) is 14.1. The highest BCUT2D eigenvalue weighted by Gasteiger charge is 2.36. The molecule has 0 saturated carbocycles. The third kappa shape index (κ3) is 4.75. The van der Waals surface area contributed by atoms with Crippen molar-refractivity contribution in [1.82, 2.24) is 9.88 Å². The topological polar surface area (TPSA) is 51.7 Å². The van der Waals surface area contributed by atoms with Crippen LogP contribution in [-0.4, -0.2) is 40.3 Å². The van der Waals surface area contributed by atoms with Gasteiger partial charge in [0.1, 0.15) is 23.1 Å². The molecular formula is C16H21F3N2O3. The van der Waals surface area contributed by atoms with E-state index in [0.717, 1.165) is 12.3 Å². The minimum Gasteiger partial charge on any atom is -0.487 e. The molecule has 1 aliphatic rings. The largest absolute Gasteiger partial charge is 0.487 e. The second-order valence-corrected chi connectivity index (χ2v) is 6.83. The van der Waals surface area contributed by atoms with Crippen LogP contribution in [0.25, 0.3) is 0 Å². The Labute approximate surface area is 138 Å². The van der Waals surface area contributed by atoms with E-state index in [1.165, 1.54) is 6.07 Å². The molecule has 134 valence electrons. The van der Waals surface area contributed by atoms with Gasteiger partial charge in [0.15, 0.2) is 0 Å². The summed E-state index contributed by atoms with van der Waals surface area (Å²) in [6.07, 6.45) is -3.60. The molecule has 1 amide bonds. The summed E-state index contributed by atoms with van der Waals surface area (Å²) in [5.74, 6) is 0.242. The zero-order chi connectivity index (χ0) is 18.1. The number of amides is 1. The van der Waals surface area contributed by atoms with E-state index in [0.29, 0.717) is 13.0 Å². The van der Waals surface area contributed by atoms with E-state index < -0.39 is 23.6 Å². The summed E-state index contributed by atoms with van der Waals surface area (Å²) >= 11 is 0. The van der Waals surface area contributed by atoms with Crippen molar-refractivity contribution in [3.05, 3.63) is 24.0 Å². The Hall–Kier alpha value is -1.99. The molecule has 0 N–H and O–H groups in total. The van der Waals surface area contributed by atoms with E-state index >= 15 is 0 Å². The second-order valence-electron chi connectivity index (χ2n) is 6.83. The lowest BCUT2D eigenvalue weighted by molar-refractivity contribution is -0.141. The van der Waals surface area contributed by atoms with E-state index in [9.17, 15) is 18.0 Å². The third-order valence-corrected chi connectivity index (χ3v) is 3.49. The number of nitrogens with zero attached hydrogens (tertiary/aromatic N) is 2. The number of rotatable bonds is 2. The molecule has 1 aromatic heterocycles. The number of hydrogen-bond donors (Lipinski definition) is 0. The molecule has 0 spiro atoms. The predicted octanol–water partition coefficient (Wildman–Crippen LogP) is 3.88. The minimum absolute atomic E-state index is 0.0766. The average molecular weight is 346 g/mol. The maximum atomic E-state index is 12.5. The molecule has 0 aliphatic carbocycles. The Kier molecular flexibility index (Phi) is 4.96. The molecule has 5 nitrogen and oxygen atoms in total. The van der Waals surface area contributed by atoms with Crippen molar-refractivity contribution in [3.63, 3.8) is 0 Å². The molecule has 1 aliphatic heterocycles. The second kappa shape index (κ2) is 6.49. The van der Waals surface area contributed by atoms with Crippen molar-refractivity contribution in [3.8, 4) is 5.75 Å². The van der Waals surface area contributed by atoms with Gasteiger partial charge in [-0.25, -0.2) is 9.78 Å². The van der Waals surface area contributed by atoms with Crippen molar-refractivity contribution in [2.45, 2.75) is 58.0 Å². The van der Waals surface area contributed by atoms with Crippen LogP contribution in [0.1, 0.15) is 39.8 Å². The first-order valence-electron chi connectivity index (χ1n) is 7.65. The predicted molar refractivity (Wildman–Crippen MR) is 80.7 cm³/mol. The number of likely N-dealkylation sites (tertiary alicyclic amines) is 1. The fourth-order valence-electron chi connectivity index (χ4n) is 2.45. The highest BCUT2D eigenvalue weighted by atomic mass is 19.4. The average Bonchev–Trinajstić information content (AvgIpc) is 2.77. The third-order valence-electron chi connectivity index (χ3n) is 3.49. The Bertz CT molecular complexity index is 582. The molecular weight excluding hydrogens is 325 g/mol. The van der Waals surface area contributed by atoms with Crippen LogP contribution < -0.4 is 4.74 Å². The van der Waals surface area contributed by atoms with E-state index in [2.05, 4.69) is 4.98 Å². The Morgan fingerprint density at radius 3 is 2.46 bits per heavy atom. The summed E-state index contributed by atoms with van der Waals surface area (Å²) in [6, 6.07) is 2.03. The van der Waals surface area contributed by atoms with Crippen LogP contribution in [0.4, 0.5) is 18.0 Å². The molecule has 0 radical (unpaired) electrons. The Morgan fingerprint density at radius 2 is 1.96 bits per heavy atom. The molecule has 2 rings (SSSR count). The van der Waals surface area contributed by atoms with E-state index in [-0.39, 0.29) is 17.9 Å². The summed E-state index contributed by atoms with van der Waals surface area (Å²) < 4.78 is 48.5. The highest BCUT2D eigenvalue weighted by Crippen LogP contribution is 2.29. The number of pyridine rings is 1. The first-order chi connectivity index (χ1) is 11.0. The summed E-state index contributed by atoms with van der Waals surface area (Å²) in [7, 11) is 0. The molecule has 24 heavy (non-hydrogen) atoms. The summed E-state index contributed by atoms with van der Waals surface area (Å²) in [5, 5.41) is 0. The van der Waals surface area contributed by atoms with Crippen LogP contribution in [0.5, 0.6) is 5.75 Å². The highest BCUT2D eigenvalue weighted by molar-refractivity contribution is 5.69. The number of hydrogen-bond acceptors (Lipinski definition) is 4. The van der Waals surface area contributed by atoms with Crippen LogP contribution >= 0.6 is 0 Å². The lowest BCUT2D eigenvalue weighted by Gasteiger charge is -2.26. The molecule has 1 saturated heterocycles. The number of carbonyl (C=O) groups excluding carboxylic acids is 1. The van der Waals surface area contributed by atoms with E-state index in [1.54, 1.807) is 25.7 Å². The molecule has 0 aromatic carbocycles. The van der Waals surface area contributed by atoms with Gasteiger partial charge in [0.2, 0.25) is 0 Å². The van der Waals surface area contributed by atoms with Crippen LogP contribution in [0.3, 0.4) is 0 Å². The van der Waals surface area contributed by atoms with Crippen molar-refractivity contribution in [2.75, 3.05) is 6.54 Å². The van der Waals surface area contributed by atoms with E-state index in [1.807, 2.05) is 6.92 Å². The molecule has 2 heterocycles. The summed E-state index contributed by atoms with van der Waals surface area (Å²) in [5.41, 5.74) is -1.56. The van der Waals surface area contributed by atoms with Gasteiger partial charge in [-0.2, -0.15) is 13.2 Å². The fourth-order valence-corrected chi connectivity index (χ4v) is 2.45. The lowest BCUT2D eigenvalue weighted by Crippen LogP contribution is -2.39. The first kappa shape index (κ1) is 18.4. The minimum atomic E-state index is -4.48. The van der Waals surface area contributed by atoms with Crippen LogP contribution in [0.2, 0.25) is 0 Å². The number of carbonyl (C=O) groups is 1. The van der Waals surface area contributed by atoms with Gasteiger partial charge in [0, 0.05) is 12.5 Å². The number of alkyl halides is 3. The molecule has 8 heteroatoms. The van der Waals surface area contributed by atoms with Gasteiger partial charge in [-0.15, -0.1) is 0 Å². The summed E-state index contributed by atoms with van der Waals surface area (Å²) in [4.78, 5) is 17.1. The van der Waals surface area contributed by atoms with Crippen molar-refractivity contribution < 1.29 is 27.4 Å². The summed E-state index contributed by atoms with van der Waals surface area (Å²) in [6.45, 7) is 7.55. The van der Waals surface area contributed by atoms with Gasteiger partial charge in [-0.1, -0.05) is 0 Å². The van der Waals surface area contributed by atoms with Crippen molar-refractivity contribution in [1.29, 1.82) is 0 Å². The lowest BCUT2D eigenvalue weighted by atomic mass is 10.2. The van der Waals surface area contributed by atoms with Gasteiger partial charge in [-0.3, -0.25) is 0 Å². The SMILES string of the molecule is C[C@H]1C[C@@H](Oc2ccc(C(F)(F)F)nc2)CN1C(=O)OC(C)(C)C. The zero-order valence-corrected chi connectivity index (χ0v) is 14.1. The number of halogens is 3. The van der Waals surface area contributed by atoms with E-state index in [4.69, 9.17) is 9.47 Å². The van der Waals surface area contributed by atoms with Gasteiger partial charge in [0.25, 0.3) is 0 Å². The van der Waals surface area contributed by atoms with Crippen LogP contribution in [0, 0.1) is 0 Å². The smallest absolute Gasteiger partial charge is 0.433 e. The number of ether oxygens (including phenoxy) is 2. The standard InChI is InChI=1S/C16H21F3N2O3/c1-10-7-12(9-21(10)14(22)24-15(2,3)4)23-11-5-6-13(20-8-11)16(17,18)19/h5-6,8,10,12H,7,9H2,1-4H3/t10-,12+/m0/s1. The van der Waals surface area contributed by atoms with Gasteiger partial charge in [0.05, 0.1) is 12.7 Å². The van der Waals surface area contributed by atoms with Crippen LogP contribution in [-0.2, 0) is 10.9 Å². The van der Waals surface area contributed by atoms with Gasteiger partial charge < -0.3 is 14.4 Å². The monoisotopic (exact) mass is 346 g/mol. The van der Waals surface area contributed by atoms with Gasteiger partial charge >= 0.3 is 12.3 Å². The maximum absolute atomic E-state index is 12.5. The molecule has 1 aromatic rings. The van der Waals surface area contributed by atoms with Crippen molar-refractivity contribution in [2.24, 2.45) is 0 Å².